The van der Waals surface area contributed by atoms with Crippen LogP contribution in [0.5, 0.6) is 0 Å². The Bertz CT molecular complexity index is 1020. The van der Waals surface area contributed by atoms with Gasteiger partial charge in [0.2, 0.25) is 11.9 Å². The summed E-state index contributed by atoms with van der Waals surface area (Å²) < 4.78 is 7.56. The topological polar surface area (TPSA) is 63.5 Å². The molecule has 1 aliphatic heterocycles. The van der Waals surface area contributed by atoms with Crippen molar-refractivity contribution in [1.82, 2.24) is 19.7 Å². The fraction of sp³-hybridized carbons (Fsp3) is 0.348. The monoisotopic (exact) mass is 437 g/mol. The van der Waals surface area contributed by atoms with Crippen LogP contribution in [0.25, 0.3) is 5.69 Å². The van der Waals surface area contributed by atoms with Crippen LogP contribution in [0.2, 0.25) is 0 Å². The lowest BCUT2D eigenvalue weighted by Gasteiger charge is -2.28. The summed E-state index contributed by atoms with van der Waals surface area (Å²) in [5.41, 5.74) is 3.27. The minimum Gasteiger partial charge on any atom is -0.378 e. The number of carbonyl (C=O) groups is 1. The number of benzene rings is 2. The van der Waals surface area contributed by atoms with Crippen molar-refractivity contribution in [2.75, 3.05) is 44.0 Å². The van der Waals surface area contributed by atoms with Crippen molar-refractivity contribution >= 4 is 23.6 Å². The molecule has 0 aliphatic carbocycles. The fourth-order valence-electron chi connectivity index (χ4n) is 3.53. The van der Waals surface area contributed by atoms with Crippen LogP contribution in [-0.4, -0.2) is 64.7 Å². The number of anilines is 1. The lowest BCUT2D eigenvalue weighted by Crippen LogP contribution is -2.38. The van der Waals surface area contributed by atoms with Gasteiger partial charge in [0.05, 0.1) is 24.7 Å². The highest BCUT2D eigenvalue weighted by atomic mass is 32.2. The first-order chi connectivity index (χ1) is 15.1. The van der Waals surface area contributed by atoms with E-state index in [9.17, 15) is 4.79 Å². The standard InChI is InChI=1S/C23H27N5O2S/c1-18-8-6-7-11-20(18)28-22(27-12-14-30-15-13-27)24-25-23(28)31-17-21(29)26(2)16-19-9-4-3-5-10-19/h3-11H,12-17H2,1-2H3. The van der Waals surface area contributed by atoms with E-state index in [1.807, 2.05) is 49.5 Å². The average molecular weight is 438 g/mol. The Morgan fingerprint density at radius 2 is 1.77 bits per heavy atom. The third-order valence-corrected chi connectivity index (χ3v) is 6.19. The number of carbonyl (C=O) groups excluding carboxylic acids is 1. The maximum Gasteiger partial charge on any atom is 0.233 e. The minimum absolute atomic E-state index is 0.0566. The van der Waals surface area contributed by atoms with Gasteiger partial charge in [0.1, 0.15) is 0 Å². The van der Waals surface area contributed by atoms with Crippen LogP contribution >= 0.6 is 11.8 Å². The Hall–Kier alpha value is -2.84. The van der Waals surface area contributed by atoms with Crippen molar-refractivity contribution in [2.24, 2.45) is 0 Å². The largest absolute Gasteiger partial charge is 0.378 e. The molecule has 7 nitrogen and oxygen atoms in total. The molecule has 1 amide bonds. The van der Waals surface area contributed by atoms with E-state index in [4.69, 9.17) is 4.74 Å². The Kier molecular flexibility index (Phi) is 6.89. The second-order valence-corrected chi connectivity index (χ2v) is 8.47. The number of morpholine rings is 1. The number of aryl methyl sites for hydroxylation is 1. The normalized spacial score (nSPS) is 13.9. The van der Waals surface area contributed by atoms with Gasteiger partial charge in [0.15, 0.2) is 5.16 Å². The second-order valence-electron chi connectivity index (χ2n) is 7.53. The summed E-state index contributed by atoms with van der Waals surface area (Å²) in [5.74, 6) is 1.16. The van der Waals surface area contributed by atoms with Gasteiger partial charge < -0.3 is 14.5 Å². The highest BCUT2D eigenvalue weighted by Gasteiger charge is 2.23. The van der Waals surface area contributed by atoms with E-state index in [1.54, 1.807) is 4.90 Å². The first kappa shape index (κ1) is 21.4. The van der Waals surface area contributed by atoms with Gasteiger partial charge in [-0.1, -0.05) is 60.3 Å². The van der Waals surface area contributed by atoms with Gasteiger partial charge in [0, 0.05) is 26.7 Å². The van der Waals surface area contributed by atoms with Crippen LogP contribution in [0.4, 0.5) is 5.95 Å². The van der Waals surface area contributed by atoms with Crippen molar-refractivity contribution < 1.29 is 9.53 Å². The number of nitrogens with zero attached hydrogens (tertiary/aromatic N) is 5. The van der Waals surface area contributed by atoms with Crippen molar-refractivity contribution in [3.63, 3.8) is 0 Å². The van der Waals surface area contributed by atoms with Gasteiger partial charge in [0.25, 0.3) is 0 Å². The molecule has 1 fully saturated rings. The van der Waals surface area contributed by atoms with E-state index < -0.39 is 0 Å². The summed E-state index contributed by atoms with van der Waals surface area (Å²) in [6.07, 6.45) is 0. The maximum atomic E-state index is 12.8. The van der Waals surface area contributed by atoms with E-state index >= 15 is 0 Å². The Balaban J connectivity index is 1.53. The lowest BCUT2D eigenvalue weighted by molar-refractivity contribution is -0.127. The van der Waals surface area contributed by atoms with E-state index in [0.717, 1.165) is 41.0 Å². The maximum absolute atomic E-state index is 12.8. The molecule has 1 aliphatic rings. The highest BCUT2D eigenvalue weighted by Crippen LogP contribution is 2.29. The van der Waals surface area contributed by atoms with Crippen LogP contribution in [0.1, 0.15) is 11.1 Å². The SMILES string of the molecule is Cc1ccccc1-n1c(SCC(=O)N(C)Cc2ccccc2)nnc1N1CCOCC1. The molecule has 0 atom stereocenters. The first-order valence-corrected chi connectivity index (χ1v) is 11.4. The van der Waals surface area contributed by atoms with Gasteiger partial charge in [-0.15, -0.1) is 10.2 Å². The van der Waals surface area contributed by atoms with Gasteiger partial charge in [-0.2, -0.15) is 0 Å². The number of rotatable bonds is 7. The molecule has 1 saturated heterocycles. The minimum atomic E-state index is 0.0566. The number of hydrogen-bond donors (Lipinski definition) is 0. The zero-order chi connectivity index (χ0) is 21.6. The molecular weight excluding hydrogens is 410 g/mol. The van der Waals surface area contributed by atoms with Gasteiger partial charge in [-0.25, -0.2) is 0 Å². The van der Waals surface area contributed by atoms with Crippen LogP contribution in [0.15, 0.2) is 59.8 Å². The fourth-order valence-corrected chi connectivity index (χ4v) is 4.41. The molecule has 4 rings (SSSR count). The summed E-state index contributed by atoms with van der Waals surface area (Å²) in [5, 5.41) is 9.65. The average Bonchev–Trinajstić information content (AvgIpc) is 3.22. The highest BCUT2D eigenvalue weighted by molar-refractivity contribution is 7.99. The third kappa shape index (κ3) is 5.08. The summed E-state index contributed by atoms with van der Waals surface area (Å²) in [4.78, 5) is 16.7. The van der Waals surface area contributed by atoms with E-state index in [0.29, 0.717) is 25.5 Å². The number of hydrogen-bond acceptors (Lipinski definition) is 6. The molecule has 162 valence electrons. The van der Waals surface area contributed by atoms with Crippen LogP contribution in [0, 0.1) is 6.92 Å². The summed E-state index contributed by atoms with van der Waals surface area (Å²) in [7, 11) is 1.83. The quantitative estimate of drug-likeness (QED) is 0.529. The molecule has 3 aromatic rings. The molecule has 0 saturated carbocycles. The van der Waals surface area contributed by atoms with E-state index in [2.05, 4.69) is 38.7 Å². The Labute approximate surface area is 187 Å². The number of thioether (sulfide) groups is 1. The Morgan fingerprint density at radius 3 is 2.52 bits per heavy atom. The van der Waals surface area contributed by atoms with Crippen molar-refractivity contribution in [2.45, 2.75) is 18.6 Å². The van der Waals surface area contributed by atoms with E-state index in [-0.39, 0.29) is 5.91 Å². The van der Waals surface area contributed by atoms with Gasteiger partial charge in [-0.3, -0.25) is 9.36 Å². The molecule has 31 heavy (non-hydrogen) atoms. The summed E-state index contributed by atoms with van der Waals surface area (Å²) in [6, 6.07) is 18.2. The van der Waals surface area contributed by atoms with Crippen LogP contribution < -0.4 is 4.90 Å². The molecule has 8 heteroatoms. The number of para-hydroxylation sites is 1. The molecule has 0 spiro atoms. The van der Waals surface area contributed by atoms with Crippen molar-refractivity contribution in [1.29, 1.82) is 0 Å². The summed E-state index contributed by atoms with van der Waals surface area (Å²) in [6.45, 7) is 5.55. The molecule has 0 radical (unpaired) electrons. The number of aromatic nitrogens is 3. The van der Waals surface area contributed by atoms with Crippen LogP contribution in [-0.2, 0) is 16.1 Å². The molecule has 0 N–H and O–H groups in total. The molecule has 2 aromatic carbocycles. The lowest BCUT2D eigenvalue weighted by atomic mass is 10.2. The summed E-state index contributed by atoms with van der Waals surface area (Å²) >= 11 is 1.42. The second kappa shape index (κ2) is 9.98. The molecule has 0 bridgehead atoms. The van der Waals surface area contributed by atoms with Crippen LogP contribution in [0.3, 0.4) is 0 Å². The first-order valence-electron chi connectivity index (χ1n) is 10.4. The van der Waals surface area contributed by atoms with Crippen molar-refractivity contribution in [3.05, 3.63) is 65.7 Å². The number of ether oxygens (including phenoxy) is 1. The zero-order valence-corrected chi connectivity index (χ0v) is 18.7. The Morgan fingerprint density at radius 1 is 1.06 bits per heavy atom. The van der Waals surface area contributed by atoms with Gasteiger partial charge in [-0.05, 0) is 24.1 Å². The van der Waals surface area contributed by atoms with E-state index in [1.165, 1.54) is 11.8 Å². The number of amides is 1. The predicted molar refractivity (Wildman–Crippen MR) is 123 cm³/mol. The van der Waals surface area contributed by atoms with Gasteiger partial charge >= 0.3 is 0 Å². The predicted octanol–water partition coefficient (Wildman–Crippen LogP) is 3.16. The smallest absolute Gasteiger partial charge is 0.233 e. The zero-order valence-electron chi connectivity index (χ0n) is 17.9. The third-order valence-electron chi connectivity index (χ3n) is 5.28. The molecule has 0 unspecified atom stereocenters. The van der Waals surface area contributed by atoms with Crippen molar-refractivity contribution in [3.8, 4) is 5.69 Å². The molecule has 1 aromatic heterocycles. The molecule has 2 heterocycles. The molecular formula is C23H27N5O2S.